The molecule has 2 nitrogen and oxygen atoms in total. The van der Waals surface area contributed by atoms with E-state index in [1.807, 2.05) is 0 Å². The molecule has 1 aromatic rings. The maximum absolute atomic E-state index is 5.77. The van der Waals surface area contributed by atoms with E-state index in [-0.39, 0.29) is 0 Å². The molecule has 1 fully saturated rings. The largest absolute Gasteiger partial charge is 0.329 e. The van der Waals surface area contributed by atoms with Gasteiger partial charge in [-0.1, -0.05) is 30.3 Å². The summed E-state index contributed by atoms with van der Waals surface area (Å²) in [4.78, 5) is 2.56. The maximum atomic E-state index is 5.77. The number of benzene rings is 1. The second-order valence-corrected chi connectivity index (χ2v) is 4.66. The summed E-state index contributed by atoms with van der Waals surface area (Å²) < 4.78 is 0. The van der Waals surface area contributed by atoms with Crippen LogP contribution in [0.4, 0.5) is 0 Å². The third-order valence-corrected chi connectivity index (χ3v) is 3.52. The van der Waals surface area contributed by atoms with Crippen molar-refractivity contribution in [3.05, 3.63) is 35.9 Å². The Kier molecular flexibility index (Phi) is 4.37. The lowest BCUT2D eigenvalue weighted by molar-refractivity contribution is 0.256. The number of likely N-dealkylation sites (tertiary alicyclic amines) is 1. The Morgan fingerprint density at radius 1 is 1.25 bits per heavy atom. The Morgan fingerprint density at radius 2 is 2.06 bits per heavy atom. The van der Waals surface area contributed by atoms with Gasteiger partial charge in [-0.2, -0.15) is 0 Å². The molecule has 1 aromatic carbocycles. The third-order valence-electron chi connectivity index (χ3n) is 3.52. The first kappa shape index (κ1) is 11.6. The lowest BCUT2D eigenvalue weighted by Crippen LogP contribution is -2.36. The van der Waals surface area contributed by atoms with E-state index in [1.165, 1.54) is 44.3 Å². The van der Waals surface area contributed by atoms with Gasteiger partial charge in [0.25, 0.3) is 0 Å². The van der Waals surface area contributed by atoms with Gasteiger partial charge in [-0.05, 0) is 44.3 Å². The topological polar surface area (TPSA) is 29.3 Å². The molecule has 0 bridgehead atoms. The van der Waals surface area contributed by atoms with E-state index in [0.29, 0.717) is 6.04 Å². The number of hydrogen-bond donors (Lipinski definition) is 1. The zero-order chi connectivity index (χ0) is 11.2. The van der Waals surface area contributed by atoms with Crippen molar-refractivity contribution in [2.45, 2.75) is 31.7 Å². The second kappa shape index (κ2) is 6.02. The van der Waals surface area contributed by atoms with Crippen molar-refractivity contribution < 1.29 is 0 Å². The Hall–Kier alpha value is -0.860. The standard InChI is InChI=1S/C14H22N2/c15-12-14-9-5-11-16(14)10-4-8-13-6-2-1-3-7-13/h1-3,6-7,14H,4-5,8-12,15H2/t14-/m1/s1. The van der Waals surface area contributed by atoms with Crippen LogP contribution in [0.1, 0.15) is 24.8 Å². The molecular weight excluding hydrogens is 196 g/mol. The lowest BCUT2D eigenvalue weighted by atomic mass is 10.1. The molecule has 0 amide bonds. The summed E-state index contributed by atoms with van der Waals surface area (Å²) in [5.74, 6) is 0. The van der Waals surface area contributed by atoms with Crippen molar-refractivity contribution in [1.82, 2.24) is 4.90 Å². The van der Waals surface area contributed by atoms with Crippen LogP contribution in [0.25, 0.3) is 0 Å². The van der Waals surface area contributed by atoms with Gasteiger partial charge in [-0.15, -0.1) is 0 Å². The monoisotopic (exact) mass is 218 g/mol. The SMILES string of the molecule is NC[C@H]1CCCN1CCCc1ccccc1. The molecule has 1 atom stereocenters. The summed E-state index contributed by atoms with van der Waals surface area (Å²) in [5.41, 5.74) is 7.22. The fourth-order valence-electron chi connectivity index (χ4n) is 2.59. The van der Waals surface area contributed by atoms with E-state index in [0.717, 1.165) is 6.54 Å². The van der Waals surface area contributed by atoms with E-state index in [2.05, 4.69) is 35.2 Å². The van der Waals surface area contributed by atoms with E-state index < -0.39 is 0 Å². The number of hydrogen-bond acceptors (Lipinski definition) is 2. The average molecular weight is 218 g/mol. The number of nitrogens with two attached hydrogens (primary N) is 1. The average Bonchev–Trinajstić information content (AvgIpc) is 2.78. The van der Waals surface area contributed by atoms with Gasteiger partial charge in [0.15, 0.2) is 0 Å². The van der Waals surface area contributed by atoms with Gasteiger partial charge >= 0.3 is 0 Å². The molecule has 2 rings (SSSR count). The van der Waals surface area contributed by atoms with Crippen LogP contribution in [0, 0.1) is 0 Å². The van der Waals surface area contributed by atoms with E-state index in [9.17, 15) is 0 Å². The minimum absolute atomic E-state index is 0.649. The highest BCUT2D eigenvalue weighted by Crippen LogP contribution is 2.16. The minimum atomic E-state index is 0.649. The van der Waals surface area contributed by atoms with Crippen LogP contribution in [0.2, 0.25) is 0 Å². The molecule has 1 heterocycles. The molecule has 88 valence electrons. The lowest BCUT2D eigenvalue weighted by Gasteiger charge is -2.22. The zero-order valence-electron chi connectivity index (χ0n) is 9.94. The van der Waals surface area contributed by atoms with Crippen LogP contribution in [-0.4, -0.2) is 30.6 Å². The fraction of sp³-hybridized carbons (Fsp3) is 0.571. The minimum Gasteiger partial charge on any atom is -0.329 e. The summed E-state index contributed by atoms with van der Waals surface area (Å²) in [5, 5.41) is 0. The summed E-state index contributed by atoms with van der Waals surface area (Å²) in [6.07, 6.45) is 5.06. The number of nitrogens with zero attached hydrogens (tertiary/aromatic N) is 1. The van der Waals surface area contributed by atoms with Gasteiger partial charge in [0.05, 0.1) is 0 Å². The third kappa shape index (κ3) is 3.06. The first-order chi connectivity index (χ1) is 7.90. The molecule has 0 aromatic heterocycles. The van der Waals surface area contributed by atoms with E-state index in [1.54, 1.807) is 0 Å². The molecule has 1 aliphatic rings. The van der Waals surface area contributed by atoms with Crippen molar-refractivity contribution >= 4 is 0 Å². The zero-order valence-corrected chi connectivity index (χ0v) is 9.94. The van der Waals surface area contributed by atoms with Crippen LogP contribution < -0.4 is 5.73 Å². The highest BCUT2D eigenvalue weighted by atomic mass is 15.2. The number of rotatable bonds is 5. The Labute approximate surface area is 98.4 Å². The predicted molar refractivity (Wildman–Crippen MR) is 68.4 cm³/mol. The van der Waals surface area contributed by atoms with Gasteiger partial charge in [-0.3, -0.25) is 4.90 Å². The molecule has 16 heavy (non-hydrogen) atoms. The Balaban J connectivity index is 1.72. The fourth-order valence-corrected chi connectivity index (χ4v) is 2.59. The molecule has 0 radical (unpaired) electrons. The van der Waals surface area contributed by atoms with E-state index in [4.69, 9.17) is 5.73 Å². The molecule has 0 unspecified atom stereocenters. The van der Waals surface area contributed by atoms with E-state index >= 15 is 0 Å². The van der Waals surface area contributed by atoms with Gasteiger partial charge in [0.1, 0.15) is 0 Å². The van der Waals surface area contributed by atoms with Crippen molar-refractivity contribution in [3.8, 4) is 0 Å². The maximum Gasteiger partial charge on any atom is 0.0218 e. The molecular formula is C14H22N2. The van der Waals surface area contributed by atoms with Crippen molar-refractivity contribution in [2.75, 3.05) is 19.6 Å². The van der Waals surface area contributed by atoms with Crippen LogP contribution >= 0.6 is 0 Å². The van der Waals surface area contributed by atoms with Gasteiger partial charge < -0.3 is 5.73 Å². The molecule has 2 heteroatoms. The first-order valence-corrected chi connectivity index (χ1v) is 6.38. The quantitative estimate of drug-likeness (QED) is 0.819. The predicted octanol–water partition coefficient (Wildman–Crippen LogP) is 2.04. The normalized spacial score (nSPS) is 21.4. The number of aryl methyl sites for hydroxylation is 1. The molecule has 0 spiro atoms. The molecule has 2 N–H and O–H groups in total. The van der Waals surface area contributed by atoms with Gasteiger partial charge in [0, 0.05) is 12.6 Å². The smallest absolute Gasteiger partial charge is 0.0218 e. The van der Waals surface area contributed by atoms with Crippen LogP contribution in [0.15, 0.2) is 30.3 Å². The second-order valence-electron chi connectivity index (χ2n) is 4.66. The van der Waals surface area contributed by atoms with Gasteiger partial charge in [0.2, 0.25) is 0 Å². The van der Waals surface area contributed by atoms with Crippen LogP contribution in [-0.2, 0) is 6.42 Å². The van der Waals surface area contributed by atoms with Crippen LogP contribution in [0.3, 0.4) is 0 Å². The first-order valence-electron chi connectivity index (χ1n) is 6.38. The van der Waals surface area contributed by atoms with Gasteiger partial charge in [-0.25, -0.2) is 0 Å². The summed E-state index contributed by atoms with van der Waals surface area (Å²) in [7, 11) is 0. The highest BCUT2D eigenvalue weighted by Gasteiger charge is 2.21. The molecule has 0 saturated carbocycles. The van der Waals surface area contributed by atoms with Crippen molar-refractivity contribution in [2.24, 2.45) is 5.73 Å². The summed E-state index contributed by atoms with van der Waals surface area (Å²) >= 11 is 0. The highest BCUT2D eigenvalue weighted by molar-refractivity contribution is 5.14. The molecule has 1 aliphatic heterocycles. The summed E-state index contributed by atoms with van der Waals surface area (Å²) in [6.45, 7) is 3.28. The Bertz CT molecular complexity index is 297. The van der Waals surface area contributed by atoms with Crippen molar-refractivity contribution in [1.29, 1.82) is 0 Å². The molecule has 1 saturated heterocycles. The Morgan fingerprint density at radius 3 is 2.81 bits per heavy atom. The van der Waals surface area contributed by atoms with Crippen molar-refractivity contribution in [3.63, 3.8) is 0 Å². The van der Waals surface area contributed by atoms with Crippen LogP contribution in [0.5, 0.6) is 0 Å². The molecule has 0 aliphatic carbocycles. The summed E-state index contributed by atoms with van der Waals surface area (Å²) in [6, 6.07) is 11.4.